The summed E-state index contributed by atoms with van der Waals surface area (Å²) < 4.78 is 5.19. The van der Waals surface area contributed by atoms with Crippen LogP contribution in [0.4, 0.5) is 5.13 Å². The third-order valence-electron chi connectivity index (χ3n) is 2.57. The van der Waals surface area contributed by atoms with Crippen LogP contribution in [0.3, 0.4) is 0 Å². The van der Waals surface area contributed by atoms with E-state index >= 15 is 0 Å². The summed E-state index contributed by atoms with van der Waals surface area (Å²) in [5.74, 6) is 1.72. The molecular weight excluding hydrogens is 292 g/mol. The monoisotopic (exact) mass is 304 g/mol. The van der Waals surface area contributed by atoms with Crippen LogP contribution in [0.15, 0.2) is 39.1 Å². The number of benzene rings is 1. The zero-order valence-electron chi connectivity index (χ0n) is 10.7. The molecule has 0 saturated carbocycles. The summed E-state index contributed by atoms with van der Waals surface area (Å²) in [6.07, 6.45) is 0. The first-order chi connectivity index (χ1) is 9.70. The molecular formula is C13H12N4OS2. The van der Waals surface area contributed by atoms with Crippen molar-refractivity contribution in [2.75, 3.05) is 5.73 Å². The zero-order valence-corrected chi connectivity index (χ0v) is 12.4. The van der Waals surface area contributed by atoms with Gasteiger partial charge in [-0.05, 0) is 19.1 Å². The Hall–Kier alpha value is -1.86. The molecule has 0 aliphatic carbocycles. The average Bonchev–Trinajstić information content (AvgIpc) is 3.05. The smallest absolute Gasteiger partial charge is 0.277 e. The van der Waals surface area contributed by atoms with Crippen molar-refractivity contribution in [1.82, 2.24) is 15.1 Å². The molecule has 0 aliphatic rings. The fourth-order valence-corrected chi connectivity index (χ4v) is 3.05. The molecule has 2 N–H and O–H groups in total. The largest absolute Gasteiger partial charge is 0.375 e. The molecule has 3 rings (SSSR count). The summed E-state index contributed by atoms with van der Waals surface area (Å²) in [5, 5.41) is 6.26. The average molecular weight is 304 g/mol. The lowest BCUT2D eigenvalue weighted by Gasteiger charge is -1.99. The lowest BCUT2D eigenvalue weighted by atomic mass is 10.2. The van der Waals surface area contributed by atoms with Crippen molar-refractivity contribution in [3.05, 3.63) is 41.0 Å². The topological polar surface area (TPSA) is 77.8 Å². The van der Waals surface area contributed by atoms with Crippen LogP contribution in [0, 0.1) is 6.92 Å². The van der Waals surface area contributed by atoms with Gasteiger partial charge in [-0.3, -0.25) is 0 Å². The molecule has 0 unspecified atom stereocenters. The summed E-state index contributed by atoms with van der Waals surface area (Å²) in [5.41, 5.74) is 7.45. The van der Waals surface area contributed by atoms with Crippen LogP contribution in [-0.4, -0.2) is 15.1 Å². The number of nitrogens with zero attached hydrogens (tertiary/aromatic N) is 3. The minimum Gasteiger partial charge on any atom is -0.375 e. The fourth-order valence-electron chi connectivity index (χ4n) is 1.66. The number of thiazole rings is 1. The van der Waals surface area contributed by atoms with Crippen LogP contribution in [0.1, 0.15) is 11.4 Å². The number of nitrogens with two attached hydrogens (primary N) is 1. The highest BCUT2D eigenvalue weighted by molar-refractivity contribution is 7.98. The molecule has 0 aliphatic heterocycles. The van der Waals surface area contributed by atoms with Crippen molar-refractivity contribution in [2.45, 2.75) is 17.6 Å². The van der Waals surface area contributed by atoms with E-state index in [2.05, 4.69) is 40.2 Å². The quantitative estimate of drug-likeness (QED) is 0.744. The van der Waals surface area contributed by atoms with Gasteiger partial charge in [0.1, 0.15) is 5.69 Å². The number of aromatic nitrogens is 3. The molecule has 3 aromatic rings. The third kappa shape index (κ3) is 3.00. The molecule has 0 bridgehead atoms. The van der Waals surface area contributed by atoms with Crippen molar-refractivity contribution in [3.8, 4) is 11.6 Å². The Morgan fingerprint density at radius 3 is 3.00 bits per heavy atom. The van der Waals surface area contributed by atoms with Gasteiger partial charge in [0.15, 0.2) is 11.0 Å². The summed E-state index contributed by atoms with van der Waals surface area (Å²) in [6, 6.07) is 8.31. The molecule has 2 aromatic heterocycles. The first kappa shape index (κ1) is 13.1. The van der Waals surface area contributed by atoms with Gasteiger partial charge in [-0.15, -0.1) is 23.1 Å². The molecule has 0 amide bonds. The minimum absolute atomic E-state index is 0.415. The number of aryl methyl sites for hydroxylation is 1. The second-order valence-electron chi connectivity index (χ2n) is 4.19. The Labute approximate surface area is 124 Å². The maximum absolute atomic E-state index is 5.59. The number of rotatable bonds is 4. The molecule has 1 aromatic carbocycles. The van der Waals surface area contributed by atoms with E-state index in [0.29, 0.717) is 28.3 Å². The first-order valence-corrected chi connectivity index (χ1v) is 7.80. The van der Waals surface area contributed by atoms with E-state index < -0.39 is 0 Å². The van der Waals surface area contributed by atoms with E-state index in [1.807, 2.05) is 6.07 Å². The summed E-state index contributed by atoms with van der Waals surface area (Å²) in [7, 11) is 0. The van der Waals surface area contributed by atoms with Crippen LogP contribution in [0.2, 0.25) is 0 Å². The van der Waals surface area contributed by atoms with Gasteiger partial charge in [-0.1, -0.05) is 22.9 Å². The highest BCUT2D eigenvalue weighted by Gasteiger charge is 2.12. The van der Waals surface area contributed by atoms with Gasteiger partial charge in [-0.25, -0.2) is 4.98 Å². The van der Waals surface area contributed by atoms with Gasteiger partial charge in [0.2, 0.25) is 0 Å². The molecule has 7 heteroatoms. The van der Waals surface area contributed by atoms with Crippen molar-refractivity contribution in [1.29, 1.82) is 0 Å². The minimum atomic E-state index is 0.415. The number of thioether (sulfide) groups is 1. The van der Waals surface area contributed by atoms with Crippen molar-refractivity contribution in [2.24, 2.45) is 0 Å². The molecule has 0 radical (unpaired) electrons. The highest BCUT2D eigenvalue weighted by atomic mass is 32.2. The molecule has 5 nitrogen and oxygen atoms in total. The highest BCUT2D eigenvalue weighted by Crippen LogP contribution is 2.25. The predicted molar refractivity (Wildman–Crippen MR) is 80.6 cm³/mol. The Balaban J connectivity index is 1.68. The van der Waals surface area contributed by atoms with Crippen molar-refractivity contribution in [3.63, 3.8) is 0 Å². The van der Waals surface area contributed by atoms with Gasteiger partial charge in [0, 0.05) is 10.3 Å². The summed E-state index contributed by atoms with van der Waals surface area (Å²) >= 11 is 3.03. The van der Waals surface area contributed by atoms with E-state index in [-0.39, 0.29) is 0 Å². The van der Waals surface area contributed by atoms with Crippen LogP contribution in [0.25, 0.3) is 11.6 Å². The second-order valence-corrected chi connectivity index (χ2v) is 6.13. The second kappa shape index (κ2) is 5.64. The van der Waals surface area contributed by atoms with Crippen molar-refractivity contribution >= 4 is 28.2 Å². The Bertz CT molecular complexity index is 722. The number of hydrogen-bond donors (Lipinski definition) is 1. The summed E-state index contributed by atoms with van der Waals surface area (Å²) in [6.45, 7) is 2.07. The third-order valence-corrected chi connectivity index (χ3v) is 4.23. The van der Waals surface area contributed by atoms with E-state index in [0.717, 1.165) is 0 Å². The maximum atomic E-state index is 5.59. The van der Waals surface area contributed by atoms with E-state index in [4.69, 9.17) is 10.3 Å². The Morgan fingerprint density at radius 2 is 2.25 bits per heavy atom. The lowest BCUT2D eigenvalue weighted by molar-refractivity contribution is 0.424. The van der Waals surface area contributed by atoms with E-state index in [1.54, 1.807) is 17.1 Å². The lowest BCUT2D eigenvalue weighted by Crippen LogP contribution is -1.85. The molecule has 0 saturated heterocycles. The number of hydrogen-bond acceptors (Lipinski definition) is 7. The van der Waals surface area contributed by atoms with Gasteiger partial charge in [-0.2, -0.15) is 4.98 Å². The van der Waals surface area contributed by atoms with Gasteiger partial charge < -0.3 is 10.3 Å². The van der Waals surface area contributed by atoms with Gasteiger partial charge in [0.05, 0.1) is 5.75 Å². The Kier molecular flexibility index (Phi) is 3.70. The number of anilines is 1. The van der Waals surface area contributed by atoms with Crippen LogP contribution in [0.5, 0.6) is 0 Å². The standard InChI is InChI=1S/C13H12N4OS2/c1-8-3-2-4-9(5-8)19-7-11-16-12(18-17-11)10-6-20-13(14)15-10/h2-6H,7H2,1H3,(H2,14,15). The molecule has 0 fully saturated rings. The van der Waals surface area contributed by atoms with Crippen LogP contribution in [-0.2, 0) is 5.75 Å². The number of nitrogen functional groups attached to an aromatic ring is 1. The van der Waals surface area contributed by atoms with Crippen molar-refractivity contribution < 1.29 is 4.52 Å². The normalized spacial score (nSPS) is 10.8. The molecule has 2 heterocycles. The summed E-state index contributed by atoms with van der Waals surface area (Å²) in [4.78, 5) is 9.63. The van der Waals surface area contributed by atoms with Gasteiger partial charge in [0.25, 0.3) is 5.89 Å². The SMILES string of the molecule is Cc1cccc(SCc2noc(-c3csc(N)n3)n2)c1. The molecule has 102 valence electrons. The van der Waals surface area contributed by atoms with E-state index in [1.165, 1.54) is 21.8 Å². The first-order valence-electron chi connectivity index (χ1n) is 5.94. The van der Waals surface area contributed by atoms with Crippen LogP contribution >= 0.6 is 23.1 Å². The maximum Gasteiger partial charge on any atom is 0.277 e. The molecule has 20 heavy (non-hydrogen) atoms. The molecule has 0 atom stereocenters. The van der Waals surface area contributed by atoms with Gasteiger partial charge >= 0.3 is 0 Å². The molecule has 0 spiro atoms. The fraction of sp³-hybridized carbons (Fsp3) is 0.154. The predicted octanol–water partition coefficient (Wildman–Crippen LogP) is 3.38. The van der Waals surface area contributed by atoms with Crippen LogP contribution < -0.4 is 5.73 Å². The van der Waals surface area contributed by atoms with E-state index in [9.17, 15) is 0 Å². The Morgan fingerprint density at radius 1 is 1.35 bits per heavy atom. The zero-order chi connectivity index (χ0) is 13.9.